The van der Waals surface area contributed by atoms with Gasteiger partial charge in [0.1, 0.15) is 24.4 Å². The molecule has 11 heteroatoms. The predicted molar refractivity (Wildman–Crippen MR) is 219 cm³/mol. The van der Waals surface area contributed by atoms with Gasteiger partial charge in [0.25, 0.3) is 0 Å². The van der Waals surface area contributed by atoms with Gasteiger partial charge in [-0.15, -0.1) is 0 Å². The van der Waals surface area contributed by atoms with Crippen LogP contribution in [0.4, 0.5) is 0 Å². The molecule has 58 heavy (non-hydrogen) atoms. The Hall–Kier alpha value is -3.28. The Morgan fingerprint density at radius 3 is 1.95 bits per heavy atom. The third-order valence-electron chi connectivity index (χ3n) is 13.7. The van der Waals surface area contributed by atoms with Gasteiger partial charge in [-0.05, 0) is 92.1 Å². The summed E-state index contributed by atoms with van der Waals surface area (Å²) in [6.07, 6.45) is 12.8. The van der Waals surface area contributed by atoms with Gasteiger partial charge in [0, 0.05) is 24.7 Å². The minimum Gasteiger partial charge on any atom is -0.462 e. The number of fused-ring (bicyclic) bond motifs is 2. The Morgan fingerprint density at radius 2 is 1.34 bits per heavy atom. The molecule has 0 aromatic carbocycles. The summed E-state index contributed by atoms with van der Waals surface area (Å²) in [5.74, 6) is -1.05. The van der Waals surface area contributed by atoms with E-state index in [1.807, 2.05) is 39.8 Å². The zero-order valence-corrected chi connectivity index (χ0v) is 35.8. The largest absolute Gasteiger partial charge is 0.462 e. The number of aliphatic hydroxyl groups is 3. The number of ether oxygens (including phenoxy) is 4. The molecule has 0 bridgehead atoms. The van der Waals surface area contributed by atoms with E-state index < -0.39 is 48.6 Å². The van der Waals surface area contributed by atoms with Gasteiger partial charge in [0.2, 0.25) is 0 Å². The molecule has 0 radical (unpaired) electrons. The first-order chi connectivity index (χ1) is 27.6. The van der Waals surface area contributed by atoms with Gasteiger partial charge in [0.05, 0.1) is 43.0 Å². The lowest BCUT2D eigenvalue weighted by molar-refractivity contribution is -0.171. The molecule has 0 spiro atoms. The molecule has 4 aliphatic carbocycles. The molecule has 5 aliphatic rings. The number of rotatable bonds is 17. The number of cyclic esters (lactones) is 1. The van der Waals surface area contributed by atoms with Gasteiger partial charge in [-0.1, -0.05) is 84.9 Å². The molecule has 11 nitrogen and oxygen atoms in total. The van der Waals surface area contributed by atoms with Gasteiger partial charge in [-0.2, -0.15) is 0 Å². The van der Waals surface area contributed by atoms with E-state index in [1.165, 1.54) is 5.57 Å². The summed E-state index contributed by atoms with van der Waals surface area (Å²) in [6, 6.07) is 0. The van der Waals surface area contributed by atoms with E-state index >= 15 is 0 Å². The van der Waals surface area contributed by atoms with Crippen LogP contribution < -0.4 is 0 Å². The van der Waals surface area contributed by atoms with Crippen LogP contribution in [-0.2, 0) is 38.1 Å². The third-order valence-corrected chi connectivity index (χ3v) is 13.7. The molecule has 324 valence electrons. The minimum atomic E-state index is -1.13. The van der Waals surface area contributed by atoms with Crippen molar-refractivity contribution in [2.45, 2.75) is 168 Å². The molecule has 5 rings (SSSR count). The highest BCUT2D eigenvalue weighted by molar-refractivity contribution is 5.74. The average Bonchev–Trinajstić information content (AvgIpc) is 3.16. The van der Waals surface area contributed by atoms with Crippen molar-refractivity contribution >= 4 is 23.9 Å². The standard InChI is InChI=1S/C47H70O11/c1-8-27(4)46(53)57-40-19-26(3)18-31-12-10-30(7)39(44(31)40)17-15-36-24-37(25-43(52)55-36)56-42(51)23-35(50)21-33(48)14-16-38-29(6)11-13-32-20-34(49)22-41(45(32)38)58-47(54)28(5)9-2/h10-13,18,20,26-30,33-41,44-45,48-50H,8-9,14-17,19,21-25H2,1-7H3/t26-,27-,28+,29+,30-,33-,34-,35-,36?,37-,38+,39-,40+,41+,44-,45+/m1/s1. The molecular formula is C47H70O11. The van der Waals surface area contributed by atoms with E-state index in [2.05, 4.69) is 45.1 Å². The molecule has 1 unspecified atom stereocenters. The van der Waals surface area contributed by atoms with Crippen LogP contribution in [0.3, 0.4) is 0 Å². The summed E-state index contributed by atoms with van der Waals surface area (Å²) in [5.41, 5.74) is 2.14. The monoisotopic (exact) mass is 810 g/mol. The number of hydrogen-bond acceptors (Lipinski definition) is 11. The second-order valence-electron chi connectivity index (χ2n) is 18.3. The van der Waals surface area contributed by atoms with Gasteiger partial charge >= 0.3 is 23.9 Å². The second-order valence-corrected chi connectivity index (χ2v) is 18.3. The van der Waals surface area contributed by atoms with E-state index in [4.69, 9.17) is 18.9 Å². The Morgan fingerprint density at radius 1 is 0.776 bits per heavy atom. The number of esters is 4. The van der Waals surface area contributed by atoms with Crippen LogP contribution in [0.15, 0.2) is 47.6 Å². The second kappa shape index (κ2) is 20.8. The Balaban J connectivity index is 1.10. The quantitative estimate of drug-likeness (QED) is 0.101. The first-order valence-corrected chi connectivity index (χ1v) is 22.2. The fourth-order valence-electron chi connectivity index (χ4n) is 9.89. The predicted octanol–water partition coefficient (Wildman–Crippen LogP) is 7.12. The van der Waals surface area contributed by atoms with Crippen LogP contribution in [0.5, 0.6) is 0 Å². The fraction of sp³-hybridized carbons (Fsp3) is 0.745. The van der Waals surface area contributed by atoms with Crippen molar-refractivity contribution in [1.82, 2.24) is 0 Å². The van der Waals surface area contributed by atoms with E-state index in [0.717, 1.165) is 24.8 Å². The van der Waals surface area contributed by atoms with E-state index in [-0.39, 0.29) is 84.6 Å². The third kappa shape index (κ3) is 11.9. The molecule has 1 heterocycles. The summed E-state index contributed by atoms with van der Waals surface area (Å²) in [5, 5.41) is 32.4. The van der Waals surface area contributed by atoms with Gasteiger partial charge in [0.15, 0.2) is 0 Å². The number of aliphatic hydroxyl groups excluding tert-OH is 3. The first-order valence-electron chi connectivity index (χ1n) is 22.2. The van der Waals surface area contributed by atoms with Crippen molar-refractivity contribution in [3.8, 4) is 0 Å². The number of hydrogen-bond donors (Lipinski definition) is 3. The lowest BCUT2D eigenvalue weighted by Crippen LogP contribution is -2.43. The topological polar surface area (TPSA) is 166 Å². The van der Waals surface area contributed by atoms with Crippen molar-refractivity contribution < 1.29 is 53.4 Å². The Bertz CT molecular complexity index is 1560. The molecule has 0 aromatic rings. The van der Waals surface area contributed by atoms with Crippen LogP contribution in [0.2, 0.25) is 0 Å². The highest BCUT2D eigenvalue weighted by Crippen LogP contribution is 2.46. The smallest absolute Gasteiger partial charge is 0.309 e. The minimum absolute atomic E-state index is 0.0159. The van der Waals surface area contributed by atoms with E-state index in [9.17, 15) is 34.5 Å². The Kier molecular flexibility index (Phi) is 16.4. The maximum absolute atomic E-state index is 13.0. The zero-order chi connectivity index (χ0) is 42.3. The number of carbonyl (C=O) groups excluding carboxylic acids is 4. The Labute approximate surface area is 345 Å². The molecule has 0 amide bonds. The molecule has 1 fully saturated rings. The molecular weight excluding hydrogens is 741 g/mol. The maximum atomic E-state index is 13.0. The SMILES string of the molecule is CC[C@@H](C)C(=O)O[C@H]1C[C@H](C)C=C2C=C[C@@H](C)[C@@H](CCC3C[C@@H](OC(=O)C[C@H](O)C[C@H](O)CC[C@@H]4[C@@H]5C(=C[C@@H](O)C[C@@H]5OC(=O)[C@@H](C)CC)C=C[C@@H]4C)CC(=O)O3)[C@@H]21. The molecule has 0 aromatic heterocycles. The van der Waals surface area contributed by atoms with Crippen molar-refractivity contribution in [3.63, 3.8) is 0 Å². The van der Waals surface area contributed by atoms with Crippen LogP contribution in [0.25, 0.3) is 0 Å². The molecule has 0 saturated carbocycles. The van der Waals surface area contributed by atoms with Crippen LogP contribution >= 0.6 is 0 Å². The van der Waals surface area contributed by atoms with Crippen LogP contribution in [0, 0.1) is 53.3 Å². The van der Waals surface area contributed by atoms with Crippen molar-refractivity contribution in [2.24, 2.45) is 53.3 Å². The van der Waals surface area contributed by atoms with Gasteiger partial charge < -0.3 is 34.3 Å². The highest BCUT2D eigenvalue weighted by atomic mass is 16.6. The normalized spacial score (nSPS) is 35.2. The maximum Gasteiger partial charge on any atom is 0.309 e. The summed E-state index contributed by atoms with van der Waals surface area (Å²) in [6.45, 7) is 14.1. The molecule has 1 saturated heterocycles. The lowest BCUT2D eigenvalue weighted by Gasteiger charge is -2.43. The highest BCUT2D eigenvalue weighted by Gasteiger charge is 2.44. The van der Waals surface area contributed by atoms with E-state index in [1.54, 1.807) is 0 Å². The van der Waals surface area contributed by atoms with Crippen LogP contribution in [0.1, 0.15) is 126 Å². The fourth-order valence-corrected chi connectivity index (χ4v) is 9.89. The molecule has 1 aliphatic heterocycles. The zero-order valence-electron chi connectivity index (χ0n) is 35.8. The van der Waals surface area contributed by atoms with Gasteiger partial charge in [-0.25, -0.2) is 0 Å². The average molecular weight is 811 g/mol. The summed E-state index contributed by atoms with van der Waals surface area (Å²) in [7, 11) is 0. The first kappa shape index (κ1) is 45.8. The van der Waals surface area contributed by atoms with E-state index in [0.29, 0.717) is 44.4 Å². The number of carbonyl (C=O) groups is 4. The molecule has 16 atom stereocenters. The van der Waals surface area contributed by atoms with Gasteiger partial charge in [-0.3, -0.25) is 19.2 Å². The summed E-state index contributed by atoms with van der Waals surface area (Å²) in [4.78, 5) is 51.4. The van der Waals surface area contributed by atoms with Crippen molar-refractivity contribution in [2.75, 3.05) is 0 Å². The van der Waals surface area contributed by atoms with Crippen molar-refractivity contribution in [1.29, 1.82) is 0 Å². The lowest BCUT2D eigenvalue weighted by atomic mass is 9.65. The molecule has 3 N–H and O–H groups in total. The summed E-state index contributed by atoms with van der Waals surface area (Å²) < 4.78 is 23.6. The summed E-state index contributed by atoms with van der Waals surface area (Å²) >= 11 is 0. The van der Waals surface area contributed by atoms with Crippen LogP contribution in [-0.4, -0.2) is 81.9 Å². The van der Waals surface area contributed by atoms with Crippen molar-refractivity contribution in [3.05, 3.63) is 47.6 Å². The number of allylic oxidation sites excluding steroid dienone is 5.